The summed E-state index contributed by atoms with van der Waals surface area (Å²) in [6.45, 7) is 2.50. The van der Waals surface area contributed by atoms with Gasteiger partial charge in [-0.2, -0.15) is 0 Å². The largest absolute Gasteiger partial charge is 0.494 e. The van der Waals surface area contributed by atoms with Crippen molar-refractivity contribution in [3.05, 3.63) is 75.9 Å². The number of H-pyrrole nitrogens is 1. The summed E-state index contributed by atoms with van der Waals surface area (Å²) in [5.41, 5.74) is 2.27. The molecule has 2 aromatic carbocycles. The van der Waals surface area contributed by atoms with Crippen molar-refractivity contribution in [3.8, 4) is 16.9 Å². The number of ketones is 1. The fourth-order valence-corrected chi connectivity index (χ4v) is 4.71. The molecule has 0 amide bonds. The molecule has 0 aliphatic rings. The van der Waals surface area contributed by atoms with E-state index in [2.05, 4.69) is 9.97 Å². The number of nitrogens with one attached hydrogen (secondary N) is 1. The third-order valence-electron chi connectivity index (χ3n) is 4.33. The lowest BCUT2D eigenvalue weighted by Crippen LogP contribution is -2.10. The second kappa shape index (κ2) is 8.63. The van der Waals surface area contributed by atoms with Crippen LogP contribution in [0.15, 0.2) is 69.9 Å². The Labute approximate surface area is 175 Å². The molecule has 4 rings (SSSR count). The summed E-state index contributed by atoms with van der Waals surface area (Å²) >= 11 is 2.66. The van der Waals surface area contributed by atoms with Gasteiger partial charge in [0.2, 0.25) is 0 Å². The van der Waals surface area contributed by atoms with Crippen molar-refractivity contribution in [2.24, 2.45) is 0 Å². The maximum Gasteiger partial charge on any atom is 0.260 e. The standard InChI is InChI=1S/C22H18N2O3S2/c1-2-27-16-10-8-15(9-11-16)18(25)13-29-22-23-20(26)19-17(12-28-21(19)24-22)14-6-4-3-5-7-14/h3-12H,2,13H2,1H3,(H,23,24,26). The van der Waals surface area contributed by atoms with E-state index < -0.39 is 0 Å². The van der Waals surface area contributed by atoms with Crippen LogP contribution in [-0.4, -0.2) is 28.1 Å². The molecule has 0 atom stereocenters. The lowest BCUT2D eigenvalue weighted by Gasteiger charge is -2.05. The molecule has 7 heteroatoms. The van der Waals surface area contributed by atoms with Gasteiger partial charge in [-0.05, 0) is 36.8 Å². The molecule has 29 heavy (non-hydrogen) atoms. The number of Topliss-reactive ketones (excluding diaryl/α,β-unsaturated/α-hetero) is 1. The Morgan fingerprint density at radius 3 is 2.62 bits per heavy atom. The summed E-state index contributed by atoms with van der Waals surface area (Å²) in [5, 5.41) is 2.98. The summed E-state index contributed by atoms with van der Waals surface area (Å²) in [4.78, 5) is 33.1. The molecule has 0 aliphatic carbocycles. The molecule has 0 saturated carbocycles. The van der Waals surface area contributed by atoms with Crippen molar-refractivity contribution in [2.75, 3.05) is 12.4 Å². The molecule has 146 valence electrons. The van der Waals surface area contributed by atoms with Crippen LogP contribution in [0.2, 0.25) is 0 Å². The number of thioether (sulfide) groups is 1. The molecule has 4 aromatic rings. The van der Waals surface area contributed by atoms with Crippen molar-refractivity contribution in [1.29, 1.82) is 0 Å². The van der Waals surface area contributed by atoms with Crippen LogP contribution in [0.25, 0.3) is 21.3 Å². The Morgan fingerprint density at radius 2 is 1.90 bits per heavy atom. The zero-order chi connectivity index (χ0) is 20.2. The first-order valence-electron chi connectivity index (χ1n) is 9.11. The van der Waals surface area contributed by atoms with Gasteiger partial charge < -0.3 is 9.72 Å². The van der Waals surface area contributed by atoms with E-state index in [1.54, 1.807) is 24.3 Å². The smallest absolute Gasteiger partial charge is 0.260 e. The molecule has 1 N–H and O–H groups in total. The third-order valence-corrected chi connectivity index (χ3v) is 6.08. The van der Waals surface area contributed by atoms with Gasteiger partial charge in [0, 0.05) is 16.5 Å². The van der Waals surface area contributed by atoms with Gasteiger partial charge >= 0.3 is 0 Å². The molecular weight excluding hydrogens is 404 g/mol. The highest BCUT2D eigenvalue weighted by molar-refractivity contribution is 7.99. The Balaban J connectivity index is 1.52. The Hall–Kier alpha value is -2.90. The molecule has 0 unspecified atom stereocenters. The van der Waals surface area contributed by atoms with Crippen molar-refractivity contribution < 1.29 is 9.53 Å². The summed E-state index contributed by atoms with van der Waals surface area (Å²) in [6.07, 6.45) is 0. The summed E-state index contributed by atoms with van der Waals surface area (Å²) in [5.74, 6) is 0.899. The van der Waals surface area contributed by atoms with Crippen molar-refractivity contribution >= 4 is 39.1 Å². The molecule has 2 aromatic heterocycles. The number of nitrogens with zero attached hydrogens (tertiary/aromatic N) is 1. The number of benzene rings is 2. The number of carbonyl (C=O) groups excluding carboxylic acids is 1. The highest BCUT2D eigenvalue weighted by atomic mass is 32.2. The lowest BCUT2D eigenvalue weighted by molar-refractivity contribution is 0.102. The Kier molecular flexibility index (Phi) is 5.78. The monoisotopic (exact) mass is 422 g/mol. The molecule has 0 bridgehead atoms. The number of hydrogen-bond donors (Lipinski definition) is 1. The number of rotatable bonds is 7. The first-order valence-corrected chi connectivity index (χ1v) is 11.0. The zero-order valence-electron chi connectivity index (χ0n) is 15.7. The topological polar surface area (TPSA) is 72.0 Å². The normalized spacial score (nSPS) is 10.9. The molecule has 5 nitrogen and oxygen atoms in total. The van der Waals surface area contributed by atoms with Crippen LogP contribution in [0.1, 0.15) is 17.3 Å². The molecule has 0 saturated heterocycles. The highest BCUT2D eigenvalue weighted by Gasteiger charge is 2.14. The van der Waals surface area contributed by atoms with Crippen LogP contribution in [0, 0.1) is 0 Å². The van der Waals surface area contributed by atoms with Gasteiger partial charge in [0.05, 0.1) is 17.7 Å². The van der Waals surface area contributed by atoms with Gasteiger partial charge in [0.15, 0.2) is 10.9 Å². The first kappa shape index (κ1) is 19.4. The predicted molar refractivity (Wildman–Crippen MR) is 118 cm³/mol. The second-order valence-electron chi connectivity index (χ2n) is 6.24. The van der Waals surface area contributed by atoms with Crippen molar-refractivity contribution in [2.45, 2.75) is 12.1 Å². The van der Waals surface area contributed by atoms with Crippen LogP contribution >= 0.6 is 23.1 Å². The molecule has 2 heterocycles. The van der Waals surface area contributed by atoms with Gasteiger partial charge in [0.1, 0.15) is 10.6 Å². The van der Waals surface area contributed by atoms with Gasteiger partial charge in [-0.1, -0.05) is 42.1 Å². The SMILES string of the molecule is CCOc1ccc(C(=O)CSc2nc3scc(-c4ccccc4)c3c(=O)[nH]2)cc1. The fraction of sp³-hybridized carbons (Fsp3) is 0.136. The average molecular weight is 423 g/mol. The summed E-state index contributed by atoms with van der Waals surface area (Å²) in [6, 6.07) is 16.8. The van der Waals surface area contributed by atoms with E-state index >= 15 is 0 Å². The number of thiophene rings is 1. The fourth-order valence-electron chi connectivity index (χ4n) is 2.95. The van der Waals surface area contributed by atoms with Crippen LogP contribution in [0.5, 0.6) is 5.75 Å². The quantitative estimate of drug-likeness (QED) is 0.257. The highest BCUT2D eigenvalue weighted by Crippen LogP contribution is 2.31. The van der Waals surface area contributed by atoms with E-state index in [1.165, 1.54) is 23.1 Å². The van der Waals surface area contributed by atoms with Crippen LogP contribution < -0.4 is 10.3 Å². The van der Waals surface area contributed by atoms with E-state index in [9.17, 15) is 9.59 Å². The average Bonchev–Trinajstić information content (AvgIpc) is 3.18. The maximum atomic E-state index is 12.7. The molecule has 0 radical (unpaired) electrons. The number of aromatic amines is 1. The van der Waals surface area contributed by atoms with Gasteiger partial charge in [-0.15, -0.1) is 11.3 Å². The van der Waals surface area contributed by atoms with Crippen LogP contribution in [0.3, 0.4) is 0 Å². The number of fused-ring (bicyclic) bond motifs is 1. The van der Waals surface area contributed by atoms with Crippen LogP contribution in [-0.2, 0) is 0 Å². The maximum absolute atomic E-state index is 12.7. The zero-order valence-corrected chi connectivity index (χ0v) is 17.3. The van der Waals surface area contributed by atoms with E-state index in [0.717, 1.165) is 16.9 Å². The lowest BCUT2D eigenvalue weighted by atomic mass is 10.1. The number of carbonyl (C=O) groups is 1. The summed E-state index contributed by atoms with van der Waals surface area (Å²) in [7, 11) is 0. The van der Waals surface area contributed by atoms with Crippen molar-refractivity contribution in [1.82, 2.24) is 9.97 Å². The predicted octanol–water partition coefficient (Wildman–Crippen LogP) is 5.03. The minimum absolute atomic E-state index is 0.0306. The van der Waals surface area contributed by atoms with Gasteiger partial charge in [-0.25, -0.2) is 4.98 Å². The Morgan fingerprint density at radius 1 is 1.14 bits per heavy atom. The van der Waals surface area contributed by atoms with Crippen molar-refractivity contribution in [3.63, 3.8) is 0 Å². The van der Waals surface area contributed by atoms with Gasteiger partial charge in [0.25, 0.3) is 5.56 Å². The number of ether oxygens (including phenoxy) is 1. The number of aromatic nitrogens is 2. The first-order chi connectivity index (χ1) is 14.2. The minimum Gasteiger partial charge on any atom is -0.494 e. The molecular formula is C22H18N2O3S2. The number of hydrogen-bond acceptors (Lipinski definition) is 6. The molecule has 0 aliphatic heterocycles. The van der Waals surface area contributed by atoms with E-state index in [4.69, 9.17) is 4.74 Å². The van der Waals surface area contributed by atoms with E-state index in [0.29, 0.717) is 27.5 Å². The van der Waals surface area contributed by atoms with Gasteiger partial charge in [-0.3, -0.25) is 9.59 Å². The van der Waals surface area contributed by atoms with E-state index in [1.807, 2.05) is 42.6 Å². The minimum atomic E-state index is -0.189. The second-order valence-corrected chi connectivity index (χ2v) is 8.06. The third kappa shape index (κ3) is 4.26. The molecule has 0 fully saturated rings. The van der Waals surface area contributed by atoms with E-state index in [-0.39, 0.29) is 17.1 Å². The Bertz CT molecular complexity index is 1200. The summed E-state index contributed by atoms with van der Waals surface area (Å²) < 4.78 is 5.39. The molecule has 0 spiro atoms. The van der Waals surface area contributed by atoms with Crippen LogP contribution in [0.4, 0.5) is 0 Å².